The molecule has 1 aromatic rings. The molecule has 0 unspecified atom stereocenters. The van der Waals surface area contributed by atoms with Crippen LogP contribution in [-0.4, -0.2) is 25.7 Å². The number of nitrogens with one attached hydrogen (secondary N) is 2. The molecule has 1 heterocycles. The van der Waals surface area contributed by atoms with Gasteiger partial charge in [0, 0.05) is 0 Å². The number of hydrogen-bond acceptors (Lipinski definition) is 4. The van der Waals surface area contributed by atoms with Crippen LogP contribution in [0.3, 0.4) is 0 Å². The summed E-state index contributed by atoms with van der Waals surface area (Å²) in [6, 6.07) is 2.84. The molecular weight excluding hydrogens is 340 g/mol. The Bertz CT molecular complexity index is 676. The van der Waals surface area contributed by atoms with E-state index < -0.39 is 11.9 Å². The molecule has 1 fully saturated rings. The SMILES string of the molecule is C#CCOc1c(Br)cc(/C=C2\NC(=O)NC2=O)cc1OC. The van der Waals surface area contributed by atoms with Gasteiger partial charge in [0.2, 0.25) is 0 Å². The van der Waals surface area contributed by atoms with Crippen LogP contribution in [-0.2, 0) is 4.79 Å². The van der Waals surface area contributed by atoms with Crippen molar-refractivity contribution >= 4 is 33.9 Å². The van der Waals surface area contributed by atoms with E-state index in [0.29, 0.717) is 21.5 Å². The third-order valence-corrected chi connectivity index (χ3v) is 3.17. The molecule has 1 saturated heterocycles. The topological polar surface area (TPSA) is 76.7 Å². The normalized spacial score (nSPS) is 15.4. The third-order valence-electron chi connectivity index (χ3n) is 2.58. The maximum absolute atomic E-state index is 11.5. The molecule has 1 aromatic carbocycles. The average Bonchev–Trinajstić information content (AvgIpc) is 2.75. The number of halogens is 1. The predicted molar refractivity (Wildman–Crippen MR) is 79.7 cm³/mol. The molecule has 21 heavy (non-hydrogen) atoms. The van der Waals surface area contributed by atoms with Crippen molar-refractivity contribution < 1.29 is 19.1 Å². The van der Waals surface area contributed by atoms with Gasteiger partial charge < -0.3 is 14.8 Å². The van der Waals surface area contributed by atoms with Crippen LogP contribution in [0.2, 0.25) is 0 Å². The van der Waals surface area contributed by atoms with Crippen LogP contribution in [0.4, 0.5) is 4.79 Å². The van der Waals surface area contributed by atoms with Gasteiger partial charge in [-0.25, -0.2) is 4.79 Å². The summed E-state index contributed by atoms with van der Waals surface area (Å²) in [6.07, 6.45) is 6.69. The minimum absolute atomic E-state index is 0.105. The highest BCUT2D eigenvalue weighted by molar-refractivity contribution is 9.10. The molecule has 0 spiro atoms. The minimum Gasteiger partial charge on any atom is -0.493 e. The summed E-state index contributed by atoms with van der Waals surface area (Å²) in [5.41, 5.74) is 0.811. The standard InChI is InChI=1S/C14H11BrN2O4/c1-3-4-21-12-9(15)5-8(7-11(12)20-2)6-10-13(18)17-14(19)16-10/h1,5-7H,4H2,2H3,(H2,16,17,18,19)/b10-6-. The number of amides is 3. The first kappa shape index (κ1) is 14.9. The minimum atomic E-state index is -0.550. The maximum atomic E-state index is 11.5. The highest BCUT2D eigenvalue weighted by Gasteiger charge is 2.23. The quantitative estimate of drug-likeness (QED) is 0.491. The molecule has 0 radical (unpaired) electrons. The van der Waals surface area contributed by atoms with Crippen LogP contribution >= 0.6 is 15.9 Å². The Balaban J connectivity index is 2.37. The summed E-state index contributed by atoms with van der Waals surface area (Å²) in [5, 5.41) is 4.53. The van der Waals surface area contributed by atoms with E-state index in [-0.39, 0.29) is 12.3 Å². The Kier molecular flexibility index (Phi) is 4.50. The van der Waals surface area contributed by atoms with Crippen LogP contribution in [0.1, 0.15) is 5.56 Å². The lowest BCUT2D eigenvalue weighted by molar-refractivity contribution is -0.115. The van der Waals surface area contributed by atoms with Gasteiger partial charge in [0.05, 0.1) is 11.6 Å². The lowest BCUT2D eigenvalue weighted by Crippen LogP contribution is -2.22. The molecule has 1 aliphatic heterocycles. The number of hydrogen-bond donors (Lipinski definition) is 2. The van der Waals surface area contributed by atoms with Gasteiger partial charge in [-0.3, -0.25) is 10.1 Å². The molecule has 2 N–H and O–H groups in total. The molecular formula is C14H11BrN2O4. The number of urea groups is 1. The van der Waals surface area contributed by atoms with E-state index in [0.717, 1.165) is 0 Å². The second-order valence-electron chi connectivity index (χ2n) is 3.99. The van der Waals surface area contributed by atoms with Gasteiger partial charge in [-0.15, -0.1) is 6.42 Å². The van der Waals surface area contributed by atoms with Crippen molar-refractivity contribution in [3.8, 4) is 23.8 Å². The van der Waals surface area contributed by atoms with Crippen LogP contribution in [0.25, 0.3) is 6.08 Å². The Morgan fingerprint density at radius 3 is 2.71 bits per heavy atom. The van der Waals surface area contributed by atoms with E-state index in [1.165, 1.54) is 13.2 Å². The largest absolute Gasteiger partial charge is 0.493 e. The van der Waals surface area contributed by atoms with Gasteiger partial charge in [0.25, 0.3) is 5.91 Å². The summed E-state index contributed by atoms with van der Waals surface area (Å²) in [7, 11) is 1.49. The zero-order chi connectivity index (χ0) is 15.4. The summed E-state index contributed by atoms with van der Waals surface area (Å²) in [4.78, 5) is 22.5. The van der Waals surface area contributed by atoms with Crippen LogP contribution < -0.4 is 20.1 Å². The van der Waals surface area contributed by atoms with Gasteiger partial charge in [0.15, 0.2) is 11.5 Å². The van der Waals surface area contributed by atoms with Crippen LogP contribution in [0.15, 0.2) is 22.3 Å². The van der Waals surface area contributed by atoms with E-state index in [1.54, 1.807) is 12.1 Å². The summed E-state index contributed by atoms with van der Waals surface area (Å²) in [5.74, 6) is 2.81. The van der Waals surface area contributed by atoms with Crippen molar-refractivity contribution in [3.63, 3.8) is 0 Å². The van der Waals surface area contributed by atoms with Gasteiger partial charge in [0.1, 0.15) is 12.3 Å². The Morgan fingerprint density at radius 2 is 2.14 bits per heavy atom. The molecule has 0 saturated carbocycles. The number of carbonyl (C=O) groups is 2. The first-order chi connectivity index (χ1) is 10.0. The van der Waals surface area contributed by atoms with Crippen molar-refractivity contribution in [3.05, 3.63) is 27.9 Å². The van der Waals surface area contributed by atoms with E-state index >= 15 is 0 Å². The monoisotopic (exact) mass is 350 g/mol. The zero-order valence-electron chi connectivity index (χ0n) is 11.0. The van der Waals surface area contributed by atoms with Crippen molar-refractivity contribution in [2.45, 2.75) is 0 Å². The first-order valence-corrected chi connectivity index (χ1v) is 6.62. The van der Waals surface area contributed by atoms with Crippen LogP contribution in [0, 0.1) is 12.3 Å². The number of ether oxygens (including phenoxy) is 2. The molecule has 6 nitrogen and oxygen atoms in total. The average molecular weight is 351 g/mol. The second-order valence-corrected chi connectivity index (χ2v) is 4.85. The fourth-order valence-electron chi connectivity index (χ4n) is 1.73. The van der Waals surface area contributed by atoms with Crippen molar-refractivity contribution in [1.82, 2.24) is 10.6 Å². The van der Waals surface area contributed by atoms with E-state index in [9.17, 15) is 9.59 Å². The molecule has 0 bridgehead atoms. The number of rotatable bonds is 4. The zero-order valence-corrected chi connectivity index (χ0v) is 12.6. The van der Waals surface area contributed by atoms with E-state index in [4.69, 9.17) is 15.9 Å². The fraction of sp³-hybridized carbons (Fsp3) is 0.143. The maximum Gasteiger partial charge on any atom is 0.326 e. The smallest absolute Gasteiger partial charge is 0.326 e. The second kappa shape index (κ2) is 6.33. The number of methoxy groups -OCH3 is 1. The van der Waals surface area contributed by atoms with Crippen molar-refractivity contribution in [1.29, 1.82) is 0 Å². The predicted octanol–water partition coefficient (Wildman–Crippen LogP) is 1.65. The van der Waals surface area contributed by atoms with E-state index in [2.05, 4.69) is 32.5 Å². The van der Waals surface area contributed by atoms with Crippen molar-refractivity contribution in [2.75, 3.05) is 13.7 Å². The molecule has 108 valence electrons. The summed E-state index contributed by atoms with van der Waals surface area (Å²) < 4.78 is 11.2. The van der Waals surface area contributed by atoms with Crippen molar-refractivity contribution in [2.24, 2.45) is 0 Å². The number of carbonyl (C=O) groups excluding carboxylic acids is 2. The van der Waals surface area contributed by atoms with Gasteiger partial charge in [-0.1, -0.05) is 5.92 Å². The lowest BCUT2D eigenvalue weighted by atomic mass is 10.1. The molecule has 0 aliphatic carbocycles. The highest BCUT2D eigenvalue weighted by atomic mass is 79.9. The van der Waals surface area contributed by atoms with Crippen LogP contribution in [0.5, 0.6) is 11.5 Å². The molecule has 0 atom stereocenters. The molecule has 1 aliphatic rings. The Morgan fingerprint density at radius 1 is 1.38 bits per heavy atom. The van der Waals surface area contributed by atoms with Gasteiger partial charge in [-0.05, 0) is 39.7 Å². The molecule has 3 amide bonds. The fourth-order valence-corrected chi connectivity index (χ4v) is 2.30. The highest BCUT2D eigenvalue weighted by Crippen LogP contribution is 2.37. The molecule has 2 rings (SSSR count). The number of imide groups is 1. The number of benzene rings is 1. The summed E-state index contributed by atoms with van der Waals surface area (Å²) in [6.45, 7) is 0.105. The Labute approximate surface area is 129 Å². The van der Waals surface area contributed by atoms with E-state index in [1.807, 2.05) is 0 Å². The lowest BCUT2D eigenvalue weighted by Gasteiger charge is -2.12. The van der Waals surface area contributed by atoms with Gasteiger partial charge >= 0.3 is 6.03 Å². The summed E-state index contributed by atoms with van der Waals surface area (Å²) >= 11 is 3.35. The number of terminal acetylenes is 1. The first-order valence-electron chi connectivity index (χ1n) is 5.83. The third kappa shape index (κ3) is 3.35. The Hall–Kier alpha value is -2.46. The molecule has 7 heteroatoms. The molecule has 0 aromatic heterocycles. The van der Waals surface area contributed by atoms with Gasteiger partial charge in [-0.2, -0.15) is 0 Å².